The lowest BCUT2D eigenvalue weighted by atomic mass is 9.94. The maximum atomic E-state index is 12.9. The van der Waals surface area contributed by atoms with Crippen molar-refractivity contribution in [2.24, 2.45) is 5.92 Å². The number of hydroxylamine groups is 1. The van der Waals surface area contributed by atoms with Gasteiger partial charge in [-0.2, -0.15) is 10.6 Å². The molecule has 0 aromatic carbocycles. The minimum absolute atomic E-state index is 0. The molecule has 1 saturated heterocycles. The summed E-state index contributed by atoms with van der Waals surface area (Å²) >= 11 is 0. The summed E-state index contributed by atoms with van der Waals surface area (Å²) in [4.78, 5) is 43.9. The van der Waals surface area contributed by atoms with Crippen LogP contribution in [0, 0.1) is 5.92 Å². The third kappa shape index (κ3) is 8.16. The predicted molar refractivity (Wildman–Crippen MR) is 130 cm³/mol. The van der Waals surface area contributed by atoms with Crippen molar-refractivity contribution in [1.29, 1.82) is 0 Å². The number of rotatable bonds is 10. The molecule has 1 fully saturated rings. The van der Waals surface area contributed by atoms with E-state index in [1.54, 1.807) is 4.90 Å². The molecule has 2 aliphatic rings. The Morgan fingerprint density at radius 3 is 2.69 bits per heavy atom. The van der Waals surface area contributed by atoms with Crippen LogP contribution in [0.25, 0.3) is 0 Å². The third-order valence-corrected chi connectivity index (χ3v) is 7.63. The van der Waals surface area contributed by atoms with Crippen molar-refractivity contribution < 1.29 is 27.6 Å². The molecule has 3 N–H and O–H groups in total. The van der Waals surface area contributed by atoms with Crippen molar-refractivity contribution in [3.05, 3.63) is 17.5 Å². The number of hydrogen-bond acceptors (Lipinski definition) is 8. The van der Waals surface area contributed by atoms with Crippen molar-refractivity contribution in [1.82, 2.24) is 30.2 Å². The van der Waals surface area contributed by atoms with E-state index in [-0.39, 0.29) is 29.8 Å². The Morgan fingerprint density at radius 2 is 2.00 bits per heavy atom. The van der Waals surface area contributed by atoms with Crippen LogP contribution in [0.5, 0.6) is 0 Å². The fourth-order valence-electron chi connectivity index (χ4n) is 4.02. The van der Waals surface area contributed by atoms with Crippen molar-refractivity contribution >= 4 is 40.2 Å². The molecule has 1 aromatic heterocycles. The zero-order valence-corrected chi connectivity index (χ0v) is 21.8. The number of halogens is 1. The highest BCUT2D eigenvalue weighted by Gasteiger charge is 2.29. The Balaban J connectivity index is 0.00000432. The molecule has 12 nitrogen and oxygen atoms in total. The molecule has 1 aromatic rings. The van der Waals surface area contributed by atoms with Gasteiger partial charge in [-0.15, -0.1) is 12.4 Å². The molecule has 0 saturated carbocycles. The number of fused-ring (bicyclic) bond motifs is 1. The second-order valence-corrected chi connectivity index (χ2v) is 10.6. The standard InChI is InChI=1S/C21H34N6O6S.ClH/c1-3-4-13-34(31,32)25-15(2)21(30)33-24-19(28)17-14-18-20(29)26(11-12-27(18)23-17)10-7-16-5-8-22-9-6-16;/h14-16,22,25H,3-13H2,1-2H3,(H,24,28);1H. The first kappa shape index (κ1) is 29.0. The zero-order valence-electron chi connectivity index (χ0n) is 20.1. The molecule has 35 heavy (non-hydrogen) atoms. The molecule has 198 valence electrons. The number of carbonyl (C=O) groups excluding carboxylic acids is 3. The molecule has 3 heterocycles. The number of nitrogens with one attached hydrogen (secondary N) is 3. The molecule has 0 aliphatic carbocycles. The van der Waals surface area contributed by atoms with Crippen LogP contribution in [0.15, 0.2) is 6.07 Å². The molecular formula is C21H35ClN6O6S. The van der Waals surface area contributed by atoms with E-state index in [9.17, 15) is 22.8 Å². The number of nitrogens with zero attached hydrogens (tertiary/aromatic N) is 3. The molecule has 0 radical (unpaired) electrons. The number of unbranched alkanes of at least 4 members (excludes halogenated alkanes) is 1. The van der Waals surface area contributed by atoms with Gasteiger partial charge in [-0.3, -0.25) is 14.3 Å². The van der Waals surface area contributed by atoms with Crippen LogP contribution < -0.4 is 15.5 Å². The van der Waals surface area contributed by atoms with Gasteiger partial charge in [-0.05, 0) is 51.6 Å². The molecule has 1 atom stereocenters. The van der Waals surface area contributed by atoms with Crippen molar-refractivity contribution in [2.75, 3.05) is 31.9 Å². The van der Waals surface area contributed by atoms with E-state index >= 15 is 0 Å². The van der Waals surface area contributed by atoms with Gasteiger partial charge >= 0.3 is 11.9 Å². The van der Waals surface area contributed by atoms with Gasteiger partial charge in [0.25, 0.3) is 5.91 Å². The van der Waals surface area contributed by atoms with Gasteiger partial charge in [0.1, 0.15) is 11.7 Å². The Kier molecular flexibility index (Phi) is 10.9. The first-order valence-electron chi connectivity index (χ1n) is 11.8. The van der Waals surface area contributed by atoms with E-state index < -0.39 is 27.9 Å². The van der Waals surface area contributed by atoms with E-state index in [4.69, 9.17) is 4.84 Å². The minimum Gasteiger partial charge on any atom is -0.339 e. The summed E-state index contributed by atoms with van der Waals surface area (Å²) in [6, 6.07) is 0.200. The average molecular weight is 535 g/mol. The highest BCUT2D eigenvalue weighted by atomic mass is 35.5. The fourth-order valence-corrected chi connectivity index (χ4v) is 5.44. The number of amides is 2. The monoisotopic (exact) mass is 534 g/mol. The van der Waals surface area contributed by atoms with Gasteiger partial charge in [0, 0.05) is 19.2 Å². The van der Waals surface area contributed by atoms with Gasteiger partial charge < -0.3 is 15.1 Å². The number of hydrogen-bond donors (Lipinski definition) is 3. The van der Waals surface area contributed by atoms with Crippen LogP contribution in [-0.4, -0.2) is 78.9 Å². The van der Waals surface area contributed by atoms with E-state index in [2.05, 4.69) is 15.1 Å². The predicted octanol–water partition coefficient (Wildman–Crippen LogP) is 0.446. The van der Waals surface area contributed by atoms with Gasteiger partial charge in [0.05, 0.1) is 12.3 Å². The van der Waals surface area contributed by atoms with Crippen molar-refractivity contribution in [3.8, 4) is 0 Å². The highest BCUT2D eigenvalue weighted by molar-refractivity contribution is 7.89. The molecule has 2 amide bonds. The van der Waals surface area contributed by atoms with E-state index in [1.807, 2.05) is 12.4 Å². The molecule has 0 spiro atoms. The quantitative estimate of drug-likeness (QED) is 0.366. The molecule has 3 rings (SSSR count). The van der Waals surface area contributed by atoms with Gasteiger partial charge in [-0.25, -0.2) is 17.9 Å². The second-order valence-electron chi connectivity index (χ2n) is 8.78. The smallest absolute Gasteiger partial charge is 0.339 e. The zero-order chi connectivity index (χ0) is 24.7. The Bertz CT molecular complexity index is 994. The second kappa shape index (κ2) is 13.2. The molecule has 1 unspecified atom stereocenters. The molecular weight excluding hydrogens is 500 g/mol. The lowest BCUT2D eigenvalue weighted by Crippen LogP contribution is -2.43. The molecule has 14 heteroatoms. The highest BCUT2D eigenvalue weighted by Crippen LogP contribution is 2.19. The number of piperidine rings is 1. The summed E-state index contributed by atoms with van der Waals surface area (Å²) in [6.07, 6.45) is 4.34. The number of aromatic nitrogens is 2. The Morgan fingerprint density at radius 1 is 1.29 bits per heavy atom. The van der Waals surface area contributed by atoms with Crippen LogP contribution in [0.4, 0.5) is 0 Å². The fraction of sp³-hybridized carbons (Fsp3) is 0.714. The van der Waals surface area contributed by atoms with E-state index in [0.29, 0.717) is 44.1 Å². The van der Waals surface area contributed by atoms with Crippen LogP contribution in [0.3, 0.4) is 0 Å². The Hall–Kier alpha value is -2.22. The minimum atomic E-state index is -3.63. The first-order chi connectivity index (χ1) is 16.2. The molecule has 2 aliphatic heterocycles. The summed E-state index contributed by atoms with van der Waals surface area (Å²) in [7, 11) is -3.63. The van der Waals surface area contributed by atoms with E-state index in [0.717, 1.165) is 32.4 Å². The number of sulfonamides is 1. The summed E-state index contributed by atoms with van der Waals surface area (Å²) in [5, 5.41) is 7.48. The van der Waals surface area contributed by atoms with Gasteiger partial charge in [0.15, 0.2) is 5.69 Å². The van der Waals surface area contributed by atoms with Crippen LogP contribution >= 0.6 is 12.4 Å². The largest absolute Gasteiger partial charge is 0.349 e. The first-order valence-corrected chi connectivity index (χ1v) is 13.4. The normalized spacial score (nSPS) is 17.3. The van der Waals surface area contributed by atoms with E-state index in [1.165, 1.54) is 17.7 Å². The topological polar surface area (TPSA) is 152 Å². The maximum Gasteiger partial charge on any atom is 0.349 e. The van der Waals surface area contributed by atoms with Crippen LogP contribution in [0.1, 0.15) is 66.9 Å². The summed E-state index contributed by atoms with van der Waals surface area (Å²) in [5.74, 6) is -1.44. The van der Waals surface area contributed by atoms with Crippen molar-refractivity contribution in [2.45, 2.75) is 58.5 Å². The lowest BCUT2D eigenvalue weighted by Gasteiger charge is -2.30. The lowest BCUT2D eigenvalue weighted by molar-refractivity contribution is -0.150. The summed E-state index contributed by atoms with van der Waals surface area (Å²) < 4.78 is 27.5. The van der Waals surface area contributed by atoms with Gasteiger partial charge in [0.2, 0.25) is 10.0 Å². The SMILES string of the molecule is CCCCS(=O)(=O)NC(C)C(=O)ONC(=O)c1cc2n(n1)CCN(CCC1CCNCC1)C2=O.Cl. The third-order valence-electron chi connectivity index (χ3n) is 6.09. The summed E-state index contributed by atoms with van der Waals surface area (Å²) in [5.41, 5.74) is 2.23. The molecule has 0 bridgehead atoms. The average Bonchev–Trinajstić information content (AvgIpc) is 3.26. The maximum absolute atomic E-state index is 12.9. The number of carbonyl (C=O) groups is 3. The Labute approximate surface area is 211 Å². The van der Waals surface area contributed by atoms with Crippen molar-refractivity contribution in [3.63, 3.8) is 0 Å². The van der Waals surface area contributed by atoms with Gasteiger partial charge in [-0.1, -0.05) is 13.3 Å². The summed E-state index contributed by atoms with van der Waals surface area (Å²) in [6.45, 7) is 6.86. The van der Waals surface area contributed by atoms with Crippen LogP contribution in [0.2, 0.25) is 0 Å². The van der Waals surface area contributed by atoms with Crippen LogP contribution in [-0.2, 0) is 26.2 Å².